The molecule has 2 atom stereocenters. The lowest BCUT2D eigenvalue weighted by Gasteiger charge is -2.28. The van der Waals surface area contributed by atoms with Gasteiger partial charge in [0.15, 0.2) is 0 Å². The van der Waals surface area contributed by atoms with Gasteiger partial charge in [0.1, 0.15) is 6.04 Å². The first-order chi connectivity index (χ1) is 13.1. The van der Waals surface area contributed by atoms with E-state index in [1.54, 1.807) is 24.3 Å². The second kappa shape index (κ2) is 8.50. The van der Waals surface area contributed by atoms with E-state index in [0.29, 0.717) is 12.0 Å². The van der Waals surface area contributed by atoms with Crippen molar-refractivity contribution in [3.63, 3.8) is 0 Å². The fourth-order valence-electron chi connectivity index (χ4n) is 3.71. The molecule has 5 heteroatoms. The maximum Gasteiger partial charge on any atom is 0.326 e. The molecular formula is C22H22N2O3. The largest absolute Gasteiger partial charge is 0.480 e. The maximum absolute atomic E-state index is 12.5. The third kappa shape index (κ3) is 4.53. The van der Waals surface area contributed by atoms with Gasteiger partial charge in [0.2, 0.25) is 0 Å². The van der Waals surface area contributed by atoms with Crippen LogP contribution in [-0.4, -0.2) is 23.0 Å². The molecule has 0 saturated carbocycles. The highest BCUT2D eigenvalue weighted by atomic mass is 16.4. The normalized spacial score (nSPS) is 16.6. The van der Waals surface area contributed by atoms with Crippen LogP contribution in [0.2, 0.25) is 0 Å². The number of fused-ring (bicyclic) bond motifs is 1. The molecule has 2 unspecified atom stereocenters. The number of nitriles is 1. The molecule has 0 heterocycles. The van der Waals surface area contributed by atoms with E-state index in [4.69, 9.17) is 5.26 Å². The number of benzene rings is 2. The van der Waals surface area contributed by atoms with Crippen LogP contribution in [0.3, 0.4) is 0 Å². The number of nitrogens with zero attached hydrogens (tertiary/aromatic N) is 1. The van der Waals surface area contributed by atoms with Crippen molar-refractivity contribution in [3.05, 3.63) is 70.8 Å². The first kappa shape index (κ1) is 18.7. The Morgan fingerprint density at radius 2 is 1.93 bits per heavy atom. The van der Waals surface area contributed by atoms with Crippen molar-refractivity contribution in [2.75, 3.05) is 0 Å². The molecule has 2 aromatic carbocycles. The van der Waals surface area contributed by atoms with Gasteiger partial charge >= 0.3 is 5.97 Å². The number of carbonyl (C=O) groups excluding carboxylic acids is 1. The topological polar surface area (TPSA) is 90.2 Å². The second-order valence-electron chi connectivity index (χ2n) is 6.92. The number of hydrogen-bond acceptors (Lipinski definition) is 3. The van der Waals surface area contributed by atoms with E-state index in [1.165, 1.54) is 11.1 Å². The highest BCUT2D eigenvalue weighted by molar-refractivity contribution is 5.96. The smallest absolute Gasteiger partial charge is 0.326 e. The van der Waals surface area contributed by atoms with Gasteiger partial charge in [-0.2, -0.15) is 5.26 Å². The fraction of sp³-hybridized carbons (Fsp3) is 0.318. The van der Waals surface area contributed by atoms with Crippen LogP contribution in [0.25, 0.3) is 0 Å². The predicted octanol–water partition coefficient (Wildman–Crippen LogP) is 3.45. The van der Waals surface area contributed by atoms with Crippen LogP contribution in [0.15, 0.2) is 48.5 Å². The number of amides is 1. The van der Waals surface area contributed by atoms with Crippen LogP contribution >= 0.6 is 0 Å². The molecule has 3 rings (SSSR count). The molecule has 2 N–H and O–H groups in total. The molecule has 0 spiro atoms. The quantitative estimate of drug-likeness (QED) is 0.823. The van der Waals surface area contributed by atoms with Gasteiger partial charge in [-0.1, -0.05) is 36.4 Å². The molecule has 2 aromatic rings. The summed E-state index contributed by atoms with van der Waals surface area (Å²) in [7, 11) is 0. The van der Waals surface area contributed by atoms with Crippen molar-refractivity contribution < 1.29 is 14.7 Å². The van der Waals surface area contributed by atoms with Crippen LogP contribution < -0.4 is 5.32 Å². The van der Waals surface area contributed by atoms with Crippen LogP contribution in [0.4, 0.5) is 0 Å². The van der Waals surface area contributed by atoms with Crippen molar-refractivity contribution in [3.8, 4) is 6.07 Å². The first-order valence-corrected chi connectivity index (χ1v) is 9.16. The lowest BCUT2D eigenvalue weighted by molar-refractivity contribution is -0.139. The summed E-state index contributed by atoms with van der Waals surface area (Å²) in [4.78, 5) is 24.2. The lowest BCUT2D eigenvalue weighted by Crippen LogP contribution is -2.42. The van der Waals surface area contributed by atoms with Crippen molar-refractivity contribution in [2.24, 2.45) is 0 Å². The molecule has 138 valence electrons. The molecule has 1 aliphatic rings. The van der Waals surface area contributed by atoms with Crippen molar-refractivity contribution >= 4 is 11.9 Å². The molecule has 0 aromatic heterocycles. The first-order valence-electron chi connectivity index (χ1n) is 9.16. The number of rotatable bonds is 6. The van der Waals surface area contributed by atoms with Gasteiger partial charge in [0.25, 0.3) is 5.91 Å². The second-order valence-corrected chi connectivity index (χ2v) is 6.92. The van der Waals surface area contributed by atoms with E-state index in [-0.39, 0.29) is 12.3 Å². The Bertz CT molecular complexity index is 868. The van der Waals surface area contributed by atoms with Crippen molar-refractivity contribution in [2.45, 2.75) is 44.1 Å². The van der Waals surface area contributed by atoms with E-state index in [0.717, 1.165) is 24.8 Å². The van der Waals surface area contributed by atoms with Gasteiger partial charge in [0, 0.05) is 5.56 Å². The number of aliphatic carboxylic acids is 1. The minimum atomic E-state index is -1.02. The zero-order valence-corrected chi connectivity index (χ0v) is 15.0. The molecular weight excluding hydrogens is 340 g/mol. The summed E-state index contributed by atoms with van der Waals surface area (Å²) >= 11 is 0. The molecule has 0 fully saturated rings. The van der Waals surface area contributed by atoms with E-state index < -0.39 is 17.9 Å². The lowest BCUT2D eigenvalue weighted by atomic mass is 9.79. The van der Waals surface area contributed by atoms with E-state index in [2.05, 4.69) is 23.5 Å². The van der Waals surface area contributed by atoms with Gasteiger partial charge in [-0.25, -0.2) is 4.79 Å². The summed E-state index contributed by atoms with van der Waals surface area (Å²) < 4.78 is 0. The fourth-order valence-corrected chi connectivity index (χ4v) is 3.71. The Hall–Kier alpha value is -3.13. The van der Waals surface area contributed by atoms with Crippen molar-refractivity contribution in [1.82, 2.24) is 5.32 Å². The molecule has 0 radical (unpaired) electrons. The molecule has 1 aliphatic carbocycles. The standard InChI is InChI=1S/C22H22N2O3/c23-13-12-15-8-10-17(11-9-15)21(25)24-20(22(26)27)14-18-6-3-5-16-4-1-2-7-19(16)18/h1-2,4,7-11,18,20H,3,5-6,12,14H2,(H,24,25)(H,26,27). The number of carboxylic acids is 1. The Labute approximate surface area is 158 Å². The molecule has 0 aliphatic heterocycles. The SMILES string of the molecule is N#CCc1ccc(C(=O)NC(CC2CCCc3ccccc32)C(=O)O)cc1. The molecule has 27 heavy (non-hydrogen) atoms. The minimum absolute atomic E-state index is 0.134. The zero-order valence-electron chi connectivity index (χ0n) is 15.0. The molecule has 1 amide bonds. The summed E-state index contributed by atoms with van der Waals surface area (Å²) in [6.07, 6.45) is 3.64. The summed E-state index contributed by atoms with van der Waals surface area (Å²) in [6.45, 7) is 0. The third-order valence-electron chi connectivity index (χ3n) is 5.12. The predicted molar refractivity (Wildman–Crippen MR) is 101 cm³/mol. The number of aryl methyl sites for hydroxylation is 1. The summed E-state index contributed by atoms with van der Waals surface area (Å²) in [5.41, 5.74) is 3.69. The summed E-state index contributed by atoms with van der Waals surface area (Å²) in [5, 5.41) is 21.0. The number of hydrogen-bond donors (Lipinski definition) is 2. The minimum Gasteiger partial charge on any atom is -0.480 e. The zero-order chi connectivity index (χ0) is 19.2. The van der Waals surface area contributed by atoms with Crippen molar-refractivity contribution in [1.29, 1.82) is 5.26 Å². The Morgan fingerprint density at radius 1 is 1.19 bits per heavy atom. The Morgan fingerprint density at radius 3 is 2.63 bits per heavy atom. The van der Waals surface area contributed by atoms with E-state index >= 15 is 0 Å². The Kier molecular flexibility index (Phi) is 5.87. The summed E-state index contributed by atoms with van der Waals surface area (Å²) in [5.74, 6) is -1.29. The van der Waals surface area contributed by atoms with E-state index in [9.17, 15) is 14.7 Å². The number of carbonyl (C=O) groups is 2. The van der Waals surface area contributed by atoms with Gasteiger partial charge in [0.05, 0.1) is 12.5 Å². The van der Waals surface area contributed by atoms with E-state index in [1.807, 2.05) is 12.1 Å². The third-order valence-corrected chi connectivity index (χ3v) is 5.12. The van der Waals surface area contributed by atoms with Gasteiger partial charge in [-0.3, -0.25) is 4.79 Å². The molecule has 0 saturated heterocycles. The number of carboxylic acid groups (broad SMARTS) is 1. The van der Waals surface area contributed by atoms with Crippen LogP contribution in [0.5, 0.6) is 0 Å². The number of nitrogens with one attached hydrogen (secondary N) is 1. The van der Waals surface area contributed by atoms with Gasteiger partial charge in [-0.15, -0.1) is 0 Å². The van der Waals surface area contributed by atoms with Crippen LogP contribution in [-0.2, 0) is 17.6 Å². The summed E-state index contributed by atoms with van der Waals surface area (Å²) in [6, 6.07) is 15.9. The van der Waals surface area contributed by atoms with Gasteiger partial charge in [-0.05, 0) is 60.4 Å². The van der Waals surface area contributed by atoms with Gasteiger partial charge < -0.3 is 10.4 Å². The highest BCUT2D eigenvalue weighted by Gasteiger charge is 2.28. The average Bonchev–Trinajstić information content (AvgIpc) is 2.68. The molecule has 5 nitrogen and oxygen atoms in total. The van der Waals surface area contributed by atoms with Crippen LogP contribution in [0, 0.1) is 11.3 Å². The van der Waals surface area contributed by atoms with Crippen LogP contribution in [0.1, 0.15) is 52.2 Å². The average molecular weight is 362 g/mol. The Balaban J connectivity index is 1.70. The maximum atomic E-state index is 12.5. The highest BCUT2D eigenvalue weighted by Crippen LogP contribution is 2.34. The molecule has 0 bridgehead atoms. The monoisotopic (exact) mass is 362 g/mol.